The van der Waals surface area contributed by atoms with Crippen molar-refractivity contribution in [2.75, 3.05) is 24.6 Å². The highest BCUT2D eigenvalue weighted by molar-refractivity contribution is 5.58. The Morgan fingerprint density at radius 1 is 1.29 bits per heavy atom. The Morgan fingerprint density at radius 3 is 2.62 bits per heavy atom. The van der Waals surface area contributed by atoms with E-state index in [1.807, 2.05) is 0 Å². The Hall–Kier alpha value is -1.74. The van der Waals surface area contributed by atoms with Crippen LogP contribution in [0.25, 0.3) is 0 Å². The number of rotatable bonds is 1. The second-order valence-corrected chi connectivity index (χ2v) is 5.65. The van der Waals surface area contributed by atoms with E-state index in [1.165, 1.54) is 12.1 Å². The molecular weight excluding hydrogens is 281 g/mol. The van der Waals surface area contributed by atoms with E-state index in [4.69, 9.17) is 10.00 Å². The fraction of sp³-hybridized carbons (Fsp3) is 0.533. The van der Waals surface area contributed by atoms with Crippen molar-refractivity contribution in [3.05, 3.63) is 29.3 Å². The summed E-state index contributed by atoms with van der Waals surface area (Å²) in [6.07, 6.45) is -1.59. The van der Waals surface area contributed by atoms with Crippen molar-refractivity contribution in [3.8, 4) is 6.07 Å². The van der Waals surface area contributed by atoms with Crippen LogP contribution in [0.4, 0.5) is 18.9 Å². The van der Waals surface area contributed by atoms with Crippen molar-refractivity contribution in [1.29, 1.82) is 5.26 Å². The van der Waals surface area contributed by atoms with Gasteiger partial charge in [-0.25, -0.2) is 0 Å². The Balaban J connectivity index is 1.96. The average Bonchev–Trinajstić information content (AvgIpc) is 2.44. The summed E-state index contributed by atoms with van der Waals surface area (Å²) < 4.78 is 45.5. The van der Waals surface area contributed by atoms with Gasteiger partial charge >= 0.3 is 6.18 Å². The lowest BCUT2D eigenvalue weighted by Gasteiger charge is -2.49. The first-order valence-corrected chi connectivity index (χ1v) is 6.94. The van der Waals surface area contributed by atoms with Crippen molar-refractivity contribution < 1.29 is 17.9 Å². The van der Waals surface area contributed by atoms with Crippen LogP contribution in [-0.2, 0) is 10.9 Å². The summed E-state index contributed by atoms with van der Waals surface area (Å²) in [5.74, 6) is 0. The fourth-order valence-corrected chi connectivity index (χ4v) is 3.03. The summed E-state index contributed by atoms with van der Waals surface area (Å²) >= 11 is 0. The van der Waals surface area contributed by atoms with E-state index in [0.717, 1.165) is 25.3 Å². The number of ether oxygens (including phenoxy) is 1. The van der Waals surface area contributed by atoms with E-state index >= 15 is 0 Å². The summed E-state index contributed by atoms with van der Waals surface area (Å²) in [5, 5.41) is 8.81. The second kappa shape index (κ2) is 4.92. The van der Waals surface area contributed by atoms with Gasteiger partial charge in [-0.2, -0.15) is 18.4 Å². The van der Waals surface area contributed by atoms with E-state index < -0.39 is 11.7 Å². The van der Waals surface area contributed by atoms with Crippen LogP contribution in [0.2, 0.25) is 0 Å². The molecule has 0 amide bonds. The standard InChI is InChI=1S/C15H15F3N2O/c16-15(17,18)12-8-11(9-19)2-3-13(12)20-6-7-21-14(10-20)4-1-5-14/h2-3,8H,1,4-7,10H2. The van der Waals surface area contributed by atoms with E-state index in [-0.39, 0.29) is 16.9 Å². The van der Waals surface area contributed by atoms with Crippen molar-refractivity contribution in [2.45, 2.75) is 31.0 Å². The van der Waals surface area contributed by atoms with Gasteiger partial charge in [0.15, 0.2) is 0 Å². The van der Waals surface area contributed by atoms with Crippen molar-refractivity contribution in [3.63, 3.8) is 0 Å². The van der Waals surface area contributed by atoms with Crippen molar-refractivity contribution in [1.82, 2.24) is 0 Å². The number of hydrogen-bond donors (Lipinski definition) is 0. The smallest absolute Gasteiger partial charge is 0.371 e. The monoisotopic (exact) mass is 296 g/mol. The Labute approximate surface area is 120 Å². The highest BCUT2D eigenvalue weighted by atomic mass is 19.4. The van der Waals surface area contributed by atoms with Gasteiger partial charge in [0.2, 0.25) is 0 Å². The van der Waals surface area contributed by atoms with E-state index in [2.05, 4.69) is 0 Å². The maximum Gasteiger partial charge on any atom is 0.418 e. The van der Waals surface area contributed by atoms with Crippen LogP contribution in [0.15, 0.2) is 18.2 Å². The van der Waals surface area contributed by atoms with Crippen LogP contribution in [0.5, 0.6) is 0 Å². The molecule has 1 spiro atoms. The molecule has 0 atom stereocenters. The maximum atomic E-state index is 13.2. The number of nitriles is 1. The lowest BCUT2D eigenvalue weighted by Crippen LogP contribution is -2.56. The van der Waals surface area contributed by atoms with E-state index in [0.29, 0.717) is 19.7 Å². The molecule has 1 aliphatic carbocycles. The third-order valence-electron chi connectivity index (χ3n) is 4.28. The second-order valence-electron chi connectivity index (χ2n) is 5.65. The van der Waals surface area contributed by atoms with Crippen molar-refractivity contribution >= 4 is 5.69 Å². The predicted molar refractivity (Wildman–Crippen MR) is 70.9 cm³/mol. The molecule has 1 aliphatic heterocycles. The normalized spacial score (nSPS) is 21.0. The summed E-state index contributed by atoms with van der Waals surface area (Å²) in [6, 6.07) is 5.53. The molecule has 3 nitrogen and oxygen atoms in total. The molecule has 1 saturated carbocycles. The van der Waals surface area contributed by atoms with Crippen molar-refractivity contribution in [2.24, 2.45) is 0 Å². The molecule has 2 fully saturated rings. The number of alkyl halides is 3. The Bertz CT molecular complexity index is 588. The highest BCUT2D eigenvalue weighted by Crippen LogP contribution is 2.42. The summed E-state index contributed by atoms with van der Waals surface area (Å²) in [4.78, 5) is 1.74. The topological polar surface area (TPSA) is 36.3 Å². The van der Waals surface area contributed by atoms with Crippen LogP contribution in [0.1, 0.15) is 30.4 Å². The number of halogens is 3. The molecule has 1 aromatic carbocycles. The molecule has 1 saturated heterocycles. The third kappa shape index (κ3) is 2.58. The molecule has 1 aromatic rings. The zero-order chi connectivity index (χ0) is 15.1. The minimum absolute atomic E-state index is 0.0256. The van der Waals surface area contributed by atoms with Crippen LogP contribution >= 0.6 is 0 Å². The van der Waals surface area contributed by atoms with E-state index in [9.17, 15) is 13.2 Å². The van der Waals surface area contributed by atoms with Gasteiger partial charge in [0.05, 0.1) is 29.4 Å². The molecule has 0 radical (unpaired) electrons. The van der Waals surface area contributed by atoms with Gasteiger partial charge in [0.25, 0.3) is 0 Å². The molecule has 1 heterocycles. The van der Waals surface area contributed by atoms with Gasteiger partial charge in [-0.3, -0.25) is 0 Å². The van der Waals surface area contributed by atoms with Crippen LogP contribution in [-0.4, -0.2) is 25.3 Å². The molecule has 0 aromatic heterocycles. The van der Waals surface area contributed by atoms with Gasteiger partial charge in [-0.05, 0) is 37.5 Å². The van der Waals surface area contributed by atoms with Gasteiger partial charge in [0, 0.05) is 18.8 Å². The molecule has 3 rings (SSSR count). The largest absolute Gasteiger partial charge is 0.418 e. The Kier molecular flexibility index (Phi) is 3.33. The minimum atomic E-state index is -4.47. The lowest BCUT2D eigenvalue weighted by molar-refractivity contribution is -0.137. The average molecular weight is 296 g/mol. The number of hydrogen-bond acceptors (Lipinski definition) is 3. The molecule has 2 aliphatic rings. The van der Waals surface area contributed by atoms with Gasteiger partial charge < -0.3 is 9.64 Å². The summed E-state index contributed by atoms with van der Waals surface area (Å²) in [5.41, 5.74) is -0.832. The zero-order valence-electron chi connectivity index (χ0n) is 11.4. The zero-order valence-corrected chi connectivity index (χ0v) is 11.4. The van der Waals surface area contributed by atoms with Gasteiger partial charge in [-0.1, -0.05) is 0 Å². The molecule has 6 heteroatoms. The number of anilines is 1. The molecule has 0 unspecified atom stereocenters. The SMILES string of the molecule is N#Cc1ccc(N2CCOC3(CCC3)C2)c(C(F)(F)F)c1. The molecule has 21 heavy (non-hydrogen) atoms. The van der Waals surface area contributed by atoms with Gasteiger partial charge in [-0.15, -0.1) is 0 Å². The van der Waals surface area contributed by atoms with Gasteiger partial charge in [0.1, 0.15) is 0 Å². The summed E-state index contributed by atoms with van der Waals surface area (Å²) in [6.45, 7) is 1.37. The quantitative estimate of drug-likeness (QED) is 0.797. The Morgan fingerprint density at radius 2 is 2.05 bits per heavy atom. The highest BCUT2D eigenvalue weighted by Gasteiger charge is 2.44. The van der Waals surface area contributed by atoms with E-state index in [1.54, 1.807) is 11.0 Å². The first kappa shape index (κ1) is 14.2. The fourth-order valence-electron chi connectivity index (χ4n) is 3.03. The van der Waals surface area contributed by atoms with Crippen LogP contribution in [0.3, 0.4) is 0 Å². The maximum absolute atomic E-state index is 13.2. The molecule has 112 valence electrons. The predicted octanol–water partition coefficient (Wildman–Crippen LogP) is 3.34. The lowest BCUT2D eigenvalue weighted by atomic mass is 9.78. The molecule has 0 N–H and O–H groups in total. The number of nitrogens with zero attached hydrogens (tertiary/aromatic N) is 2. The first-order chi connectivity index (χ1) is 9.93. The number of morpholine rings is 1. The molecule has 0 bridgehead atoms. The number of benzene rings is 1. The van der Waals surface area contributed by atoms with Crippen LogP contribution in [0, 0.1) is 11.3 Å². The third-order valence-corrected chi connectivity index (χ3v) is 4.28. The molecular formula is C15H15F3N2O. The first-order valence-electron chi connectivity index (χ1n) is 6.94. The summed E-state index contributed by atoms with van der Waals surface area (Å²) in [7, 11) is 0. The van der Waals surface area contributed by atoms with Crippen LogP contribution < -0.4 is 4.90 Å². The minimum Gasteiger partial charge on any atom is -0.371 e.